The number of sulfone groups is 1. The molecule has 158 valence electrons. The van der Waals surface area contributed by atoms with Gasteiger partial charge in [-0.1, -0.05) is 18.2 Å². The minimum Gasteiger partial charge on any atom is -0.390 e. The van der Waals surface area contributed by atoms with Crippen molar-refractivity contribution in [2.75, 3.05) is 5.75 Å². The molecule has 30 heavy (non-hydrogen) atoms. The van der Waals surface area contributed by atoms with E-state index in [9.17, 15) is 13.5 Å². The first-order chi connectivity index (χ1) is 14.2. The lowest BCUT2D eigenvalue weighted by molar-refractivity contribution is -0.0844. The van der Waals surface area contributed by atoms with Gasteiger partial charge in [-0.25, -0.2) is 8.42 Å². The number of nitrogens with zero attached hydrogens (tertiary/aromatic N) is 1. The summed E-state index contributed by atoms with van der Waals surface area (Å²) in [5.74, 6) is 1.15. The molecule has 0 atom stereocenters. The molecular weight excluding hydrogens is 396 g/mol. The topological polar surface area (TPSA) is 92.8 Å². The number of fused-ring (bicyclic) bond motifs is 1. The molecule has 3 aliphatic rings. The van der Waals surface area contributed by atoms with Crippen LogP contribution in [-0.2, 0) is 16.4 Å². The molecule has 2 aromatic carbocycles. The van der Waals surface area contributed by atoms with Crippen molar-refractivity contribution in [3.63, 3.8) is 0 Å². The predicted molar refractivity (Wildman–Crippen MR) is 118 cm³/mol. The van der Waals surface area contributed by atoms with Crippen molar-refractivity contribution in [1.82, 2.24) is 0 Å². The Morgan fingerprint density at radius 2 is 1.83 bits per heavy atom. The molecule has 5 nitrogen and oxygen atoms in total. The van der Waals surface area contributed by atoms with Crippen molar-refractivity contribution in [3.05, 3.63) is 52.6 Å². The van der Waals surface area contributed by atoms with Crippen LogP contribution < -0.4 is 5.73 Å². The summed E-state index contributed by atoms with van der Waals surface area (Å²) in [6, 6.07) is 9.53. The fourth-order valence-corrected chi connectivity index (χ4v) is 7.03. The van der Waals surface area contributed by atoms with E-state index in [4.69, 9.17) is 5.73 Å². The van der Waals surface area contributed by atoms with Crippen molar-refractivity contribution in [2.45, 2.75) is 56.6 Å². The van der Waals surface area contributed by atoms with E-state index in [2.05, 4.69) is 17.1 Å². The second-order valence-corrected chi connectivity index (χ2v) is 11.4. The quantitative estimate of drug-likeness (QED) is 0.768. The second-order valence-electron chi connectivity index (χ2n) is 9.38. The van der Waals surface area contributed by atoms with Gasteiger partial charge in [0.15, 0.2) is 9.84 Å². The Morgan fingerprint density at radius 1 is 1.13 bits per heavy atom. The molecule has 2 fully saturated rings. The highest BCUT2D eigenvalue weighted by atomic mass is 32.2. The van der Waals surface area contributed by atoms with E-state index in [-0.39, 0.29) is 11.7 Å². The number of aliphatic imine (C=N–C) groups is 1. The van der Waals surface area contributed by atoms with Crippen molar-refractivity contribution in [2.24, 2.45) is 22.6 Å². The molecular formula is C24H28N2O3S. The summed E-state index contributed by atoms with van der Waals surface area (Å²) < 4.78 is 26.0. The van der Waals surface area contributed by atoms with Crippen LogP contribution in [0, 0.1) is 25.7 Å². The summed E-state index contributed by atoms with van der Waals surface area (Å²) in [5, 5.41) is 10.5. The molecule has 3 N–H and O–H groups in total. The molecule has 0 aromatic heterocycles. The molecule has 6 heteroatoms. The monoisotopic (exact) mass is 424 g/mol. The predicted octanol–water partition coefficient (Wildman–Crippen LogP) is 3.51. The zero-order valence-corrected chi connectivity index (χ0v) is 18.3. The van der Waals surface area contributed by atoms with Gasteiger partial charge >= 0.3 is 0 Å². The average Bonchev–Trinajstić information content (AvgIpc) is 3.45. The van der Waals surface area contributed by atoms with E-state index in [0.717, 1.165) is 46.2 Å². The van der Waals surface area contributed by atoms with Crippen LogP contribution in [0.4, 0.5) is 0 Å². The van der Waals surface area contributed by atoms with E-state index in [0.29, 0.717) is 36.0 Å². The molecule has 0 spiro atoms. The number of amidine groups is 1. The summed E-state index contributed by atoms with van der Waals surface area (Å²) in [7, 11) is -3.38. The lowest BCUT2D eigenvalue weighted by Gasteiger charge is -2.44. The van der Waals surface area contributed by atoms with Crippen molar-refractivity contribution < 1.29 is 13.5 Å². The molecule has 0 amide bonds. The molecule has 2 saturated carbocycles. The summed E-state index contributed by atoms with van der Waals surface area (Å²) in [4.78, 5) is 4.70. The maximum Gasteiger partial charge on any atom is 0.178 e. The van der Waals surface area contributed by atoms with E-state index < -0.39 is 15.4 Å². The number of rotatable bonds is 5. The first-order valence-electron chi connectivity index (χ1n) is 10.7. The summed E-state index contributed by atoms with van der Waals surface area (Å²) in [6.07, 6.45) is 3.39. The highest BCUT2D eigenvalue weighted by Crippen LogP contribution is 2.53. The SMILES string of the molecule is Cc1cc(S(=O)(=O)CC2CC(O)(C3CC3)C2)ccc1-c1ccc2c(c1C)C(N)=NC2. The molecule has 0 saturated heterocycles. The van der Waals surface area contributed by atoms with Gasteiger partial charge in [-0.3, -0.25) is 4.99 Å². The van der Waals surface area contributed by atoms with E-state index >= 15 is 0 Å². The van der Waals surface area contributed by atoms with Gasteiger partial charge in [0.1, 0.15) is 5.84 Å². The lowest BCUT2D eigenvalue weighted by atomic mass is 9.69. The Bertz CT molecular complexity index is 1170. The Balaban J connectivity index is 1.39. The molecule has 0 unspecified atom stereocenters. The van der Waals surface area contributed by atoms with Gasteiger partial charge in [-0.2, -0.15) is 0 Å². The Kier molecular flexibility index (Phi) is 4.39. The van der Waals surface area contributed by atoms with Crippen LogP contribution in [0.15, 0.2) is 40.2 Å². The average molecular weight is 425 g/mol. The van der Waals surface area contributed by atoms with Crippen LogP contribution in [0.5, 0.6) is 0 Å². The van der Waals surface area contributed by atoms with Crippen molar-refractivity contribution >= 4 is 15.7 Å². The minimum absolute atomic E-state index is 0.0572. The zero-order chi connectivity index (χ0) is 21.3. The summed E-state index contributed by atoms with van der Waals surface area (Å²) in [6.45, 7) is 4.62. The second kappa shape index (κ2) is 6.66. The summed E-state index contributed by atoms with van der Waals surface area (Å²) in [5.41, 5.74) is 11.7. The van der Waals surface area contributed by atoms with E-state index in [1.54, 1.807) is 12.1 Å². The maximum atomic E-state index is 13.0. The van der Waals surface area contributed by atoms with Gasteiger partial charge in [0.25, 0.3) is 0 Å². The van der Waals surface area contributed by atoms with Crippen LogP contribution in [0.2, 0.25) is 0 Å². The maximum absolute atomic E-state index is 13.0. The fraction of sp³-hybridized carbons (Fsp3) is 0.458. The summed E-state index contributed by atoms with van der Waals surface area (Å²) >= 11 is 0. The highest BCUT2D eigenvalue weighted by molar-refractivity contribution is 7.91. The normalized spacial score (nSPS) is 25.6. The Labute approximate surface area is 178 Å². The lowest BCUT2D eigenvalue weighted by Crippen LogP contribution is -2.48. The molecule has 0 radical (unpaired) electrons. The van der Waals surface area contributed by atoms with Crippen LogP contribution in [0.3, 0.4) is 0 Å². The van der Waals surface area contributed by atoms with Gasteiger partial charge in [0.05, 0.1) is 22.8 Å². The first-order valence-corrected chi connectivity index (χ1v) is 12.3. The third-order valence-corrected chi connectivity index (χ3v) is 9.03. The molecule has 5 rings (SSSR count). The Hall–Kier alpha value is -2.18. The third kappa shape index (κ3) is 3.17. The van der Waals surface area contributed by atoms with Gasteiger partial charge in [-0.05, 0) is 91.3 Å². The standard InChI is InChI=1S/C24H28N2O3S/c1-14-9-19(30(28,29)13-16-10-24(27,11-16)18-4-5-18)6-8-20(14)21-7-3-17-12-26-23(25)22(17)15(21)2/h3,6-9,16,18,27H,4-5,10-13H2,1-2H3,(H2,25,26). The number of aliphatic hydroxyl groups is 1. The number of aryl methyl sites for hydroxylation is 1. The van der Waals surface area contributed by atoms with Crippen molar-refractivity contribution in [1.29, 1.82) is 0 Å². The largest absolute Gasteiger partial charge is 0.390 e. The van der Waals surface area contributed by atoms with Gasteiger partial charge in [0, 0.05) is 5.56 Å². The molecule has 1 heterocycles. The van der Waals surface area contributed by atoms with Gasteiger partial charge in [0.2, 0.25) is 0 Å². The molecule has 0 bridgehead atoms. The Morgan fingerprint density at radius 3 is 2.50 bits per heavy atom. The fourth-order valence-electron chi connectivity index (χ4n) is 5.35. The first kappa shape index (κ1) is 19.8. The highest BCUT2D eigenvalue weighted by Gasteiger charge is 2.53. The molecule has 1 aliphatic heterocycles. The van der Waals surface area contributed by atoms with Crippen LogP contribution >= 0.6 is 0 Å². The number of benzene rings is 2. The van der Waals surface area contributed by atoms with Crippen LogP contribution in [-0.4, -0.2) is 30.7 Å². The van der Waals surface area contributed by atoms with Gasteiger partial charge in [-0.15, -0.1) is 0 Å². The molecule has 2 aromatic rings. The number of hydrogen-bond acceptors (Lipinski definition) is 5. The van der Waals surface area contributed by atoms with Crippen molar-refractivity contribution in [3.8, 4) is 11.1 Å². The van der Waals surface area contributed by atoms with Gasteiger partial charge < -0.3 is 10.8 Å². The number of nitrogens with two attached hydrogens (primary N) is 1. The van der Waals surface area contributed by atoms with Crippen LogP contribution in [0.25, 0.3) is 11.1 Å². The number of hydrogen-bond donors (Lipinski definition) is 2. The van der Waals surface area contributed by atoms with Crippen LogP contribution in [0.1, 0.15) is 47.9 Å². The third-order valence-electron chi connectivity index (χ3n) is 7.15. The smallest absolute Gasteiger partial charge is 0.178 e. The zero-order valence-electron chi connectivity index (χ0n) is 17.5. The minimum atomic E-state index is -3.38. The van der Waals surface area contributed by atoms with E-state index in [1.165, 1.54) is 0 Å². The molecule has 2 aliphatic carbocycles. The van der Waals surface area contributed by atoms with E-state index in [1.807, 2.05) is 19.9 Å².